The van der Waals surface area contributed by atoms with Gasteiger partial charge >= 0.3 is 0 Å². The highest BCUT2D eigenvalue weighted by Crippen LogP contribution is 2.40. The van der Waals surface area contributed by atoms with Crippen molar-refractivity contribution >= 4 is 17.4 Å². The minimum absolute atomic E-state index is 0.0373. The van der Waals surface area contributed by atoms with Crippen LogP contribution in [0.3, 0.4) is 0 Å². The number of nitrogens with zero attached hydrogens (tertiary/aromatic N) is 2. The maximum Gasteiger partial charge on any atom is 0.251 e. The van der Waals surface area contributed by atoms with E-state index in [0.29, 0.717) is 0 Å². The highest BCUT2D eigenvalue weighted by atomic mass is 16.2. The van der Waals surface area contributed by atoms with Gasteiger partial charge in [0.1, 0.15) is 6.04 Å². The van der Waals surface area contributed by atoms with Crippen molar-refractivity contribution in [2.24, 2.45) is 0 Å². The maximum absolute atomic E-state index is 12.5. The summed E-state index contributed by atoms with van der Waals surface area (Å²) in [5, 5.41) is 2.98. The molecule has 1 atom stereocenters. The summed E-state index contributed by atoms with van der Waals surface area (Å²) in [7, 11) is 0. The molecule has 0 saturated carbocycles. The lowest BCUT2D eigenvalue weighted by Crippen LogP contribution is -2.46. The summed E-state index contributed by atoms with van der Waals surface area (Å²) in [5.41, 5.74) is 4.15. The van der Waals surface area contributed by atoms with Gasteiger partial charge in [-0.2, -0.15) is 0 Å². The monoisotopic (exact) mass is 265 g/mol. The van der Waals surface area contributed by atoms with Crippen LogP contribution in [0, 0.1) is 6.92 Å². The van der Waals surface area contributed by atoms with Crippen LogP contribution in [0.15, 0.2) is 36.4 Å². The normalized spacial score (nSPS) is 19.8. The van der Waals surface area contributed by atoms with Crippen LogP contribution in [0.5, 0.6) is 0 Å². The number of hydrogen-bond acceptors (Lipinski definition) is 3. The number of benzene rings is 1. The Bertz CT molecular complexity index is 711. The minimum Gasteiger partial charge on any atom is -0.339 e. The Hall–Kier alpha value is -2.36. The van der Waals surface area contributed by atoms with E-state index in [9.17, 15) is 4.79 Å². The van der Waals surface area contributed by atoms with E-state index in [4.69, 9.17) is 0 Å². The van der Waals surface area contributed by atoms with Gasteiger partial charge in [-0.05, 0) is 36.6 Å². The predicted octanol–water partition coefficient (Wildman–Crippen LogP) is 2.45. The SMILES string of the molecule is Cc1ccc2c(n1)N1CCc3ccccc3C1C(=O)N2. The van der Waals surface area contributed by atoms with Gasteiger partial charge in [-0.25, -0.2) is 4.98 Å². The van der Waals surface area contributed by atoms with E-state index in [2.05, 4.69) is 21.3 Å². The molecule has 0 radical (unpaired) electrons. The Morgan fingerprint density at radius 1 is 1.25 bits per heavy atom. The van der Waals surface area contributed by atoms with E-state index in [1.807, 2.05) is 37.3 Å². The summed E-state index contributed by atoms with van der Waals surface area (Å²) in [6.07, 6.45) is 0.953. The predicted molar refractivity (Wildman–Crippen MR) is 77.8 cm³/mol. The van der Waals surface area contributed by atoms with Crippen LogP contribution in [0.25, 0.3) is 0 Å². The summed E-state index contributed by atoms with van der Waals surface area (Å²) < 4.78 is 0. The smallest absolute Gasteiger partial charge is 0.251 e. The van der Waals surface area contributed by atoms with Crippen molar-refractivity contribution in [3.05, 3.63) is 53.2 Å². The van der Waals surface area contributed by atoms with Gasteiger partial charge in [0, 0.05) is 12.2 Å². The maximum atomic E-state index is 12.5. The zero-order valence-electron chi connectivity index (χ0n) is 11.3. The molecule has 4 heteroatoms. The second-order valence-corrected chi connectivity index (χ2v) is 5.36. The number of aromatic nitrogens is 1. The number of carbonyl (C=O) groups is 1. The van der Waals surface area contributed by atoms with E-state index in [-0.39, 0.29) is 11.9 Å². The molecule has 2 aliphatic heterocycles. The van der Waals surface area contributed by atoms with Gasteiger partial charge in [0.15, 0.2) is 5.82 Å². The molecule has 1 unspecified atom stereocenters. The van der Waals surface area contributed by atoms with Gasteiger partial charge in [-0.1, -0.05) is 24.3 Å². The lowest BCUT2D eigenvalue weighted by Gasteiger charge is -2.41. The van der Waals surface area contributed by atoms with Crippen molar-refractivity contribution < 1.29 is 4.79 Å². The van der Waals surface area contributed by atoms with Crippen LogP contribution >= 0.6 is 0 Å². The summed E-state index contributed by atoms with van der Waals surface area (Å²) >= 11 is 0. The number of fused-ring (bicyclic) bond motifs is 5. The number of anilines is 2. The number of amides is 1. The van der Waals surface area contributed by atoms with Gasteiger partial charge in [0.2, 0.25) is 0 Å². The standard InChI is InChI=1S/C16H15N3O/c1-10-6-7-13-15(17-10)19-9-8-11-4-2-3-5-12(11)14(19)16(20)18-13/h2-7,14H,8-9H2,1H3,(H,18,20). The van der Waals surface area contributed by atoms with Crippen LogP contribution < -0.4 is 10.2 Å². The Labute approximate surface area is 117 Å². The Morgan fingerprint density at radius 2 is 2.10 bits per heavy atom. The topological polar surface area (TPSA) is 45.2 Å². The molecule has 4 nitrogen and oxygen atoms in total. The number of nitrogens with one attached hydrogen (secondary N) is 1. The minimum atomic E-state index is -0.248. The number of rotatable bonds is 0. The van der Waals surface area contributed by atoms with Crippen LogP contribution in [-0.4, -0.2) is 17.4 Å². The lowest BCUT2D eigenvalue weighted by molar-refractivity contribution is -0.118. The van der Waals surface area contributed by atoms with Crippen molar-refractivity contribution in [1.29, 1.82) is 0 Å². The molecule has 0 spiro atoms. The molecule has 0 bridgehead atoms. The van der Waals surface area contributed by atoms with E-state index in [1.54, 1.807) is 0 Å². The molecular formula is C16H15N3O. The van der Waals surface area contributed by atoms with Crippen LogP contribution in [0.2, 0.25) is 0 Å². The Kier molecular flexibility index (Phi) is 2.33. The Morgan fingerprint density at radius 3 is 3.00 bits per heavy atom. The first-order valence-corrected chi connectivity index (χ1v) is 6.87. The second kappa shape index (κ2) is 4.07. The van der Waals surface area contributed by atoms with E-state index < -0.39 is 0 Å². The number of pyridine rings is 1. The Balaban J connectivity index is 1.89. The third kappa shape index (κ3) is 1.54. The van der Waals surface area contributed by atoms with Gasteiger partial charge in [0.05, 0.1) is 5.69 Å². The molecule has 2 aromatic rings. The van der Waals surface area contributed by atoms with Crippen LogP contribution in [-0.2, 0) is 11.2 Å². The fraction of sp³-hybridized carbons (Fsp3) is 0.250. The van der Waals surface area contributed by atoms with E-state index in [1.165, 1.54) is 5.56 Å². The van der Waals surface area contributed by atoms with Crippen molar-refractivity contribution in [2.75, 3.05) is 16.8 Å². The molecular weight excluding hydrogens is 250 g/mol. The lowest BCUT2D eigenvalue weighted by atomic mass is 9.90. The average molecular weight is 265 g/mol. The molecule has 20 heavy (non-hydrogen) atoms. The average Bonchev–Trinajstić information content (AvgIpc) is 2.47. The number of aryl methyl sites for hydroxylation is 1. The van der Waals surface area contributed by atoms with Crippen molar-refractivity contribution in [3.8, 4) is 0 Å². The molecule has 2 aliphatic rings. The molecule has 1 aromatic carbocycles. The van der Waals surface area contributed by atoms with Gasteiger partial charge in [-0.3, -0.25) is 4.79 Å². The van der Waals surface area contributed by atoms with E-state index >= 15 is 0 Å². The zero-order valence-corrected chi connectivity index (χ0v) is 11.3. The summed E-state index contributed by atoms with van der Waals surface area (Å²) in [5.74, 6) is 0.930. The van der Waals surface area contributed by atoms with Gasteiger partial charge in [0.25, 0.3) is 5.91 Å². The molecule has 1 amide bonds. The van der Waals surface area contributed by atoms with Crippen LogP contribution in [0.4, 0.5) is 11.5 Å². The zero-order chi connectivity index (χ0) is 13.7. The highest BCUT2D eigenvalue weighted by molar-refractivity contribution is 6.03. The van der Waals surface area contributed by atoms with E-state index in [0.717, 1.165) is 35.7 Å². The molecule has 100 valence electrons. The first-order chi connectivity index (χ1) is 9.74. The van der Waals surface area contributed by atoms with Crippen molar-refractivity contribution in [1.82, 2.24) is 4.98 Å². The first kappa shape index (κ1) is 11.5. The molecule has 3 heterocycles. The quantitative estimate of drug-likeness (QED) is 0.795. The molecule has 0 saturated heterocycles. The van der Waals surface area contributed by atoms with Crippen molar-refractivity contribution in [2.45, 2.75) is 19.4 Å². The number of carbonyl (C=O) groups excluding carboxylic acids is 1. The molecule has 0 fully saturated rings. The molecule has 4 rings (SSSR count). The van der Waals surface area contributed by atoms with Gasteiger partial charge < -0.3 is 10.2 Å². The van der Waals surface area contributed by atoms with Gasteiger partial charge in [-0.15, -0.1) is 0 Å². The van der Waals surface area contributed by atoms with Crippen molar-refractivity contribution in [3.63, 3.8) is 0 Å². The molecule has 1 aromatic heterocycles. The largest absolute Gasteiger partial charge is 0.339 e. The summed E-state index contributed by atoms with van der Waals surface area (Å²) in [4.78, 5) is 19.2. The van der Waals surface area contributed by atoms with Crippen LogP contribution in [0.1, 0.15) is 22.9 Å². The molecule has 1 N–H and O–H groups in total. The first-order valence-electron chi connectivity index (χ1n) is 6.87. The summed E-state index contributed by atoms with van der Waals surface area (Å²) in [6, 6.07) is 11.8. The third-order valence-electron chi connectivity index (χ3n) is 4.08. The highest BCUT2D eigenvalue weighted by Gasteiger charge is 2.38. The fourth-order valence-electron chi connectivity index (χ4n) is 3.14. The molecule has 0 aliphatic carbocycles. The number of hydrogen-bond donors (Lipinski definition) is 1. The third-order valence-corrected chi connectivity index (χ3v) is 4.08. The fourth-order valence-corrected chi connectivity index (χ4v) is 3.14. The second-order valence-electron chi connectivity index (χ2n) is 5.36. The summed E-state index contributed by atoms with van der Waals surface area (Å²) in [6.45, 7) is 2.81.